The molecule has 2 fully saturated rings. The Bertz CT molecular complexity index is 996. The highest BCUT2D eigenvalue weighted by Crippen LogP contribution is 2.31. The van der Waals surface area contributed by atoms with Crippen molar-refractivity contribution in [1.82, 2.24) is 15.1 Å². The molecular weight excluding hydrogens is 378 g/mol. The summed E-state index contributed by atoms with van der Waals surface area (Å²) in [6.07, 6.45) is 4.15. The minimum atomic E-state index is -1.18. The van der Waals surface area contributed by atoms with Gasteiger partial charge in [-0.2, -0.15) is 0 Å². The van der Waals surface area contributed by atoms with Crippen LogP contribution in [0.15, 0.2) is 42.5 Å². The van der Waals surface area contributed by atoms with Crippen LogP contribution in [0.25, 0.3) is 10.8 Å². The van der Waals surface area contributed by atoms with Gasteiger partial charge < -0.3 is 10.2 Å². The number of hydrogen-bond donors (Lipinski definition) is 1. The second-order valence-corrected chi connectivity index (χ2v) is 8.93. The van der Waals surface area contributed by atoms with Crippen LogP contribution >= 0.6 is 0 Å². The van der Waals surface area contributed by atoms with E-state index >= 15 is 0 Å². The van der Waals surface area contributed by atoms with E-state index in [1.54, 1.807) is 18.9 Å². The van der Waals surface area contributed by atoms with Crippen molar-refractivity contribution in [1.29, 1.82) is 0 Å². The molecule has 1 aliphatic carbocycles. The molecule has 2 aliphatic rings. The van der Waals surface area contributed by atoms with Crippen LogP contribution in [0, 0.1) is 5.92 Å². The molecule has 0 aromatic heterocycles. The van der Waals surface area contributed by atoms with Crippen LogP contribution in [0.5, 0.6) is 0 Å². The molecule has 4 rings (SSSR count). The number of hydrogen-bond acceptors (Lipinski definition) is 3. The molecular formula is C24H29N3O3. The zero-order valence-corrected chi connectivity index (χ0v) is 17.9. The van der Waals surface area contributed by atoms with Gasteiger partial charge in [-0.15, -0.1) is 0 Å². The van der Waals surface area contributed by atoms with E-state index in [0.717, 1.165) is 41.4 Å². The van der Waals surface area contributed by atoms with E-state index in [0.29, 0.717) is 11.5 Å². The molecule has 4 amide bonds. The Kier molecular flexibility index (Phi) is 5.26. The lowest BCUT2D eigenvalue weighted by molar-refractivity contribution is -0.139. The summed E-state index contributed by atoms with van der Waals surface area (Å²) in [5.41, 5.74) is -0.468. The second kappa shape index (κ2) is 7.74. The third-order valence-electron chi connectivity index (χ3n) is 6.82. The first-order valence-corrected chi connectivity index (χ1v) is 10.7. The van der Waals surface area contributed by atoms with Gasteiger partial charge in [0.05, 0.1) is 0 Å². The average molecular weight is 408 g/mol. The van der Waals surface area contributed by atoms with Crippen molar-refractivity contribution < 1.29 is 14.4 Å². The fourth-order valence-electron chi connectivity index (χ4n) is 4.62. The lowest BCUT2D eigenvalue weighted by Crippen LogP contribution is -2.47. The van der Waals surface area contributed by atoms with Gasteiger partial charge in [0.25, 0.3) is 5.91 Å². The third kappa shape index (κ3) is 3.55. The van der Waals surface area contributed by atoms with E-state index in [1.165, 1.54) is 0 Å². The molecule has 1 N–H and O–H groups in total. The van der Waals surface area contributed by atoms with E-state index < -0.39 is 11.6 Å². The number of amides is 4. The highest BCUT2D eigenvalue weighted by Gasteiger charge is 2.49. The Morgan fingerprint density at radius 3 is 2.47 bits per heavy atom. The fourth-order valence-corrected chi connectivity index (χ4v) is 4.62. The van der Waals surface area contributed by atoms with Crippen LogP contribution in [-0.2, 0) is 15.1 Å². The maximum absolute atomic E-state index is 13.2. The monoisotopic (exact) mass is 407 g/mol. The van der Waals surface area contributed by atoms with Gasteiger partial charge in [-0.25, -0.2) is 4.79 Å². The molecule has 0 radical (unpaired) electrons. The first-order chi connectivity index (χ1) is 14.3. The van der Waals surface area contributed by atoms with Crippen LogP contribution in [0.4, 0.5) is 4.79 Å². The highest BCUT2D eigenvalue weighted by molar-refractivity contribution is 6.09. The van der Waals surface area contributed by atoms with Gasteiger partial charge in [0.1, 0.15) is 12.1 Å². The van der Waals surface area contributed by atoms with Gasteiger partial charge in [0.15, 0.2) is 0 Å². The Hall–Kier alpha value is -2.89. The predicted octanol–water partition coefficient (Wildman–Crippen LogP) is 3.64. The van der Waals surface area contributed by atoms with Crippen LogP contribution in [-0.4, -0.2) is 47.3 Å². The standard InChI is InChI=1S/C24H29N3O3/c1-16-8-12-20(13-9-16)26(3)21(28)15-27-22(29)24(2,25-23(27)30)19-11-10-17-6-4-5-7-18(17)14-19/h4-7,10-11,14,16,20H,8-9,12-13,15H2,1-3H3,(H,25,30)/t16?,20?,24-/m1/s1. The Balaban J connectivity index is 1.51. The van der Waals surface area contributed by atoms with Gasteiger partial charge in [0.2, 0.25) is 5.91 Å². The summed E-state index contributed by atoms with van der Waals surface area (Å²) in [6, 6.07) is 13.3. The molecule has 0 unspecified atom stereocenters. The predicted molar refractivity (Wildman–Crippen MR) is 116 cm³/mol. The topological polar surface area (TPSA) is 69.7 Å². The summed E-state index contributed by atoms with van der Waals surface area (Å²) in [5, 5.41) is 4.87. The summed E-state index contributed by atoms with van der Waals surface area (Å²) in [4.78, 5) is 41.5. The van der Waals surface area contributed by atoms with Crippen molar-refractivity contribution in [3.8, 4) is 0 Å². The summed E-state index contributed by atoms with van der Waals surface area (Å²) in [5.74, 6) is 0.112. The van der Waals surface area contributed by atoms with Gasteiger partial charge in [-0.1, -0.05) is 43.3 Å². The number of imide groups is 1. The minimum Gasteiger partial charge on any atom is -0.341 e. The van der Waals surface area contributed by atoms with E-state index in [9.17, 15) is 14.4 Å². The van der Waals surface area contributed by atoms with Crippen molar-refractivity contribution in [2.75, 3.05) is 13.6 Å². The normalized spacial score (nSPS) is 26.7. The minimum absolute atomic E-state index is 0.182. The van der Waals surface area contributed by atoms with Crippen LogP contribution in [0.2, 0.25) is 0 Å². The van der Waals surface area contributed by atoms with Crippen molar-refractivity contribution in [3.63, 3.8) is 0 Å². The van der Waals surface area contributed by atoms with Crippen LogP contribution in [0.3, 0.4) is 0 Å². The number of urea groups is 1. The molecule has 158 valence electrons. The Morgan fingerprint density at radius 1 is 1.10 bits per heavy atom. The maximum atomic E-state index is 13.2. The third-order valence-corrected chi connectivity index (χ3v) is 6.82. The van der Waals surface area contributed by atoms with Gasteiger partial charge in [-0.05, 0) is 60.9 Å². The molecule has 0 bridgehead atoms. The molecule has 1 saturated heterocycles. The molecule has 6 heteroatoms. The zero-order valence-electron chi connectivity index (χ0n) is 17.9. The zero-order chi connectivity index (χ0) is 21.5. The molecule has 30 heavy (non-hydrogen) atoms. The van der Waals surface area contributed by atoms with Gasteiger partial charge in [-0.3, -0.25) is 14.5 Å². The molecule has 1 saturated carbocycles. The summed E-state index contributed by atoms with van der Waals surface area (Å²) >= 11 is 0. The number of likely N-dealkylation sites (N-methyl/N-ethyl adjacent to an activating group) is 1. The number of nitrogens with zero attached hydrogens (tertiary/aromatic N) is 2. The number of rotatable bonds is 4. The number of carbonyl (C=O) groups is 3. The first kappa shape index (κ1) is 20.4. The lowest BCUT2D eigenvalue weighted by atomic mass is 9.87. The van der Waals surface area contributed by atoms with Crippen LogP contribution < -0.4 is 5.32 Å². The smallest absolute Gasteiger partial charge is 0.325 e. The molecule has 1 aliphatic heterocycles. The Labute approximate surface area is 177 Å². The van der Waals surface area contributed by atoms with Crippen molar-refractivity contribution in [2.45, 2.75) is 51.1 Å². The van der Waals surface area contributed by atoms with Crippen LogP contribution in [0.1, 0.15) is 45.1 Å². The average Bonchev–Trinajstić information content (AvgIpc) is 2.97. The number of nitrogens with one attached hydrogen (secondary N) is 1. The van der Waals surface area contributed by atoms with Gasteiger partial charge in [0, 0.05) is 13.1 Å². The van der Waals surface area contributed by atoms with E-state index in [-0.39, 0.29) is 24.4 Å². The fraction of sp³-hybridized carbons (Fsp3) is 0.458. The van der Waals surface area contributed by atoms with Gasteiger partial charge >= 0.3 is 6.03 Å². The molecule has 6 nitrogen and oxygen atoms in total. The van der Waals surface area contributed by atoms with Crippen molar-refractivity contribution in [2.24, 2.45) is 5.92 Å². The molecule has 2 aromatic carbocycles. The largest absolute Gasteiger partial charge is 0.341 e. The summed E-state index contributed by atoms with van der Waals surface area (Å²) < 4.78 is 0. The molecule has 0 spiro atoms. The molecule has 1 heterocycles. The highest BCUT2D eigenvalue weighted by atomic mass is 16.2. The Morgan fingerprint density at radius 2 is 1.77 bits per heavy atom. The van der Waals surface area contributed by atoms with Crippen molar-refractivity contribution >= 4 is 28.6 Å². The van der Waals surface area contributed by atoms with E-state index in [1.807, 2.05) is 42.5 Å². The maximum Gasteiger partial charge on any atom is 0.325 e. The summed E-state index contributed by atoms with van der Waals surface area (Å²) in [7, 11) is 1.78. The first-order valence-electron chi connectivity index (χ1n) is 10.7. The number of fused-ring (bicyclic) bond motifs is 1. The summed E-state index contributed by atoms with van der Waals surface area (Å²) in [6.45, 7) is 3.71. The second-order valence-electron chi connectivity index (χ2n) is 8.93. The molecule has 2 aromatic rings. The lowest BCUT2D eigenvalue weighted by Gasteiger charge is -2.34. The van der Waals surface area contributed by atoms with Crippen molar-refractivity contribution in [3.05, 3.63) is 48.0 Å². The molecule has 1 atom stereocenters. The SMILES string of the molecule is CC1CCC(N(C)C(=O)CN2C(=O)N[C@](C)(c3ccc4ccccc4c3)C2=O)CC1. The number of carbonyl (C=O) groups excluding carboxylic acids is 3. The quantitative estimate of drug-likeness (QED) is 0.787. The van der Waals surface area contributed by atoms with E-state index in [2.05, 4.69) is 12.2 Å². The number of benzene rings is 2. The van der Waals surface area contributed by atoms with E-state index in [4.69, 9.17) is 0 Å².